The molecule has 0 saturated heterocycles. The Morgan fingerprint density at radius 2 is 1.85 bits per heavy atom. The van der Waals surface area contributed by atoms with Crippen LogP contribution in [0.3, 0.4) is 0 Å². The molecule has 2 rings (SSSR count). The molecule has 0 spiro atoms. The number of methoxy groups -OCH3 is 2. The molecule has 0 aliphatic heterocycles. The van der Waals surface area contributed by atoms with Crippen LogP contribution in [0.2, 0.25) is 0 Å². The Morgan fingerprint density at radius 1 is 1.11 bits per heavy atom. The molecule has 27 heavy (non-hydrogen) atoms. The third-order valence-electron chi connectivity index (χ3n) is 3.62. The number of aliphatic imine (C=N–C) groups is 1. The van der Waals surface area contributed by atoms with Crippen molar-refractivity contribution < 1.29 is 13.9 Å². The van der Waals surface area contributed by atoms with Crippen LogP contribution in [0.4, 0.5) is 10.1 Å². The van der Waals surface area contributed by atoms with Gasteiger partial charge in [-0.2, -0.15) is 11.8 Å². The summed E-state index contributed by atoms with van der Waals surface area (Å²) in [5.41, 5.74) is 1.57. The molecule has 0 aliphatic carbocycles. The normalized spacial score (nSPS) is 10.7. The molecule has 0 heterocycles. The van der Waals surface area contributed by atoms with E-state index in [2.05, 4.69) is 15.6 Å². The summed E-state index contributed by atoms with van der Waals surface area (Å²) < 4.78 is 24.1. The first-order valence-corrected chi connectivity index (χ1v) is 9.34. The minimum atomic E-state index is -0.154. The van der Waals surface area contributed by atoms with Crippen LogP contribution in [-0.4, -0.2) is 39.5 Å². The van der Waals surface area contributed by atoms with E-state index in [-0.39, 0.29) is 29.8 Å². The number of guanidine groups is 1. The SMILES string of the molecule is CN=C(NCCSCc1ccccc1F)Nc1ccc(OC)c(OC)c1.I. The fourth-order valence-corrected chi connectivity index (χ4v) is 3.11. The quantitative estimate of drug-likeness (QED) is 0.242. The maximum atomic E-state index is 13.6. The summed E-state index contributed by atoms with van der Waals surface area (Å²) in [7, 11) is 4.91. The average Bonchev–Trinajstić information content (AvgIpc) is 2.67. The van der Waals surface area contributed by atoms with Gasteiger partial charge >= 0.3 is 0 Å². The molecule has 2 aromatic rings. The number of nitrogens with zero attached hydrogens (tertiary/aromatic N) is 1. The lowest BCUT2D eigenvalue weighted by Crippen LogP contribution is -2.32. The van der Waals surface area contributed by atoms with Crippen molar-refractivity contribution in [3.8, 4) is 11.5 Å². The molecule has 0 aromatic heterocycles. The van der Waals surface area contributed by atoms with Crippen LogP contribution >= 0.6 is 35.7 Å². The summed E-state index contributed by atoms with van der Waals surface area (Å²) in [4.78, 5) is 4.20. The molecule has 0 bridgehead atoms. The number of thioether (sulfide) groups is 1. The van der Waals surface area contributed by atoms with Crippen LogP contribution in [0.5, 0.6) is 11.5 Å². The zero-order chi connectivity index (χ0) is 18.8. The Balaban J connectivity index is 0.00000364. The van der Waals surface area contributed by atoms with Crippen molar-refractivity contribution in [3.05, 3.63) is 53.8 Å². The highest BCUT2D eigenvalue weighted by atomic mass is 127. The summed E-state index contributed by atoms with van der Waals surface area (Å²) >= 11 is 1.67. The van der Waals surface area contributed by atoms with Gasteiger partial charge in [-0.25, -0.2) is 4.39 Å². The molecule has 0 aliphatic rings. The first-order chi connectivity index (χ1) is 12.7. The Morgan fingerprint density at radius 3 is 2.52 bits per heavy atom. The van der Waals surface area contributed by atoms with Crippen molar-refractivity contribution in [1.29, 1.82) is 0 Å². The first kappa shape index (κ1) is 23.4. The van der Waals surface area contributed by atoms with Crippen LogP contribution in [0.1, 0.15) is 5.56 Å². The number of benzene rings is 2. The van der Waals surface area contributed by atoms with Crippen molar-refractivity contribution in [3.63, 3.8) is 0 Å². The number of nitrogens with one attached hydrogen (secondary N) is 2. The standard InChI is InChI=1S/C19H24FN3O2S.HI/c1-21-19(23-15-8-9-17(24-2)18(12-15)25-3)22-10-11-26-13-14-6-4-5-7-16(14)20;/h4-9,12H,10-11,13H2,1-3H3,(H2,21,22,23);1H. The zero-order valence-corrected chi connectivity index (χ0v) is 18.8. The van der Waals surface area contributed by atoms with Crippen molar-refractivity contribution in [1.82, 2.24) is 5.32 Å². The van der Waals surface area contributed by atoms with Crippen LogP contribution in [0.25, 0.3) is 0 Å². The van der Waals surface area contributed by atoms with Crippen molar-refractivity contribution in [2.24, 2.45) is 4.99 Å². The molecule has 0 saturated carbocycles. The Kier molecular flexibility index (Phi) is 11.0. The Labute approximate surface area is 181 Å². The topological polar surface area (TPSA) is 54.9 Å². The second-order valence-electron chi connectivity index (χ2n) is 5.34. The van der Waals surface area contributed by atoms with Gasteiger partial charge in [0.25, 0.3) is 0 Å². The molecule has 0 amide bonds. The van der Waals surface area contributed by atoms with E-state index >= 15 is 0 Å². The van der Waals surface area contributed by atoms with Crippen molar-refractivity contribution >= 4 is 47.4 Å². The fraction of sp³-hybridized carbons (Fsp3) is 0.316. The molecule has 2 N–H and O–H groups in total. The van der Waals surface area contributed by atoms with E-state index in [0.717, 1.165) is 17.0 Å². The van der Waals surface area contributed by atoms with Gasteiger partial charge in [-0.3, -0.25) is 4.99 Å². The third kappa shape index (κ3) is 7.45. The Hall–Kier alpha value is -1.68. The molecule has 8 heteroatoms. The highest BCUT2D eigenvalue weighted by Crippen LogP contribution is 2.29. The van der Waals surface area contributed by atoms with Crippen LogP contribution in [-0.2, 0) is 5.75 Å². The number of ether oxygens (including phenoxy) is 2. The van der Waals surface area contributed by atoms with Gasteiger partial charge in [0.05, 0.1) is 14.2 Å². The van der Waals surface area contributed by atoms with Gasteiger partial charge in [-0.05, 0) is 23.8 Å². The third-order valence-corrected chi connectivity index (χ3v) is 4.63. The fourth-order valence-electron chi connectivity index (χ4n) is 2.27. The monoisotopic (exact) mass is 505 g/mol. The van der Waals surface area contributed by atoms with E-state index < -0.39 is 0 Å². The molecule has 0 atom stereocenters. The second-order valence-corrected chi connectivity index (χ2v) is 6.44. The summed E-state index contributed by atoms with van der Waals surface area (Å²) in [6.07, 6.45) is 0. The van der Waals surface area contributed by atoms with Crippen LogP contribution in [0, 0.1) is 5.82 Å². The molecular weight excluding hydrogens is 480 g/mol. The average molecular weight is 505 g/mol. The van der Waals surface area contributed by atoms with Gasteiger partial charge in [-0.15, -0.1) is 24.0 Å². The van der Waals surface area contributed by atoms with Gasteiger partial charge < -0.3 is 20.1 Å². The molecular formula is C19H25FIN3O2S. The summed E-state index contributed by atoms with van der Waals surface area (Å²) in [5, 5.41) is 6.44. The van der Waals surface area contributed by atoms with Gasteiger partial charge in [0.2, 0.25) is 0 Å². The number of halogens is 2. The molecule has 148 valence electrons. The maximum absolute atomic E-state index is 13.6. The van der Waals surface area contributed by atoms with E-state index in [0.29, 0.717) is 29.8 Å². The Bertz CT molecular complexity index is 747. The highest BCUT2D eigenvalue weighted by Gasteiger charge is 2.06. The lowest BCUT2D eigenvalue weighted by Gasteiger charge is -2.14. The number of hydrogen-bond donors (Lipinski definition) is 2. The molecule has 0 radical (unpaired) electrons. The predicted octanol–water partition coefficient (Wildman–Crippen LogP) is 4.38. The van der Waals surface area contributed by atoms with E-state index in [4.69, 9.17) is 9.47 Å². The van der Waals surface area contributed by atoms with Crippen LogP contribution < -0.4 is 20.1 Å². The van der Waals surface area contributed by atoms with Crippen molar-refractivity contribution in [2.45, 2.75) is 5.75 Å². The number of hydrogen-bond acceptors (Lipinski definition) is 4. The first-order valence-electron chi connectivity index (χ1n) is 8.18. The maximum Gasteiger partial charge on any atom is 0.195 e. The lowest BCUT2D eigenvalue weighted by molar-refractivity contribution is 0.355. The zero-order valence-electron chi connectivity index (χ0n) is 15.6. The minimum Gasteiger partial charge on any atom is -0.493 e. The minimum absolute atomic E-state index is 0. The van der Waals surface area contributed by atoms with E-state index in [1.165, 1.54) is 6.07 Å². The second kappa shape index (κ2) is 12.7. The van der Waals surface area contributed by atoms with Crippen LogP contribution in [0.15, 0.2) is 47.5 Å². The molecule has 5 nitrogen and oxygen atoms in total. The van der Waals surface area contributed by atoms with E-state index in [1.807, 2.05) is 30.3 Å². The van der Waals surface area contributed by atoms with Gasteiger partial charge in [0.15, 0.2) is 17.5 Å². The molecule has 0 unspecified atom stereocenters. The number of rotatable bonds is 8. The van der Waals surface area contributed by atoms with E-state index in [9.17, 15) is 4.39 Å². The highest BCUT2D eigenvalue weighted by molar-refractivity contribution is 14.0. The largest absolute Gasteiger partial charge is 0.493 e. The summed E-state index contributed by atoms with van der Waals surface area (Å²) in [6.45, 7) is 0.714. The molecule has 2 aromatic carbocycles. The van der Waals surface area contributed by atoms with Gasteiger partial charge in [-0.1, -0.05) is 18.2 Å². The summed E-state index contributed by atoms with van der Waals surface area (Å²) in [6, 6.07) is 12.4. The van der Waals surface area contributed by atoms with Gasteiger partial charge in [0, 0.05) is 36.9 Å². The van der Waals surface area contributed by atoms with Gasteiger partial charge in [0.1, 0.15) is 5.82 Å². The van der Waals surface area contributed by atoms with Crippen molar-refractivity contribution in [2.75, 3.05) is 38.9 Å². The summed E-state index contributed by atoms with van der Waals surface area (Å²) in [5.74, 6) is 3.30. The lowest BCUT2D eigenvalue weighted by atomic mass is 10.2. The molecule has 0 fully saturated rings. The van der Waals surface area contributed by atoms with E-state index in [1.54, 1.807) is 39.1 Å². The smallest absolute Gasteiger partial charge is 0.195 e. The predicted molar refractivity (Wildman–Crippen MR) is 123 cm³/mol. The number of anilines is 1.